The van der Waals surface area contributed by atoms with E-state index in [9.17, 15) is 4.79 Å². The highest BCUT2D eigenvalue weighted by Crippen LogP contribution is 2.05. The smallest absolute Gasteiger partial charge is 0.346 e. The number of rotatable bonds is 3. The van der Waals surface area contributed by atoms with Crippen molar-refractivity contribution in [2.24, 2.45) is 0 Å². The van der Waals surface area contributed by atoms with Gasteiger partial charge in [0, 0.05) is 11.6 Å². The van der Waals surface area contributed by atoms with Crippen LogP contribution in [0.25, 0.3) is 0 Å². The van der Waals surface area contributed by atoms with Gasteiger partial charge in [0.15, 0.2) is 0 Å². The number of esters is 1. The molecule has 0 aromatic heterocycles. The molecule has 11 heavy (non-hydrogen) atoms. The van der Waals surface area contributed by atoms with Crippen molar-refractivity contribution in [1.82, 2.24) is 0 Å². The standard InChI is InChI=1S/C7H10O4/c1-4-7(9,10)11-6(8)5(2)3/h4,9-10H,1-2H2,3H3. The number of carbonyl (C=O) groups is 1. The maximum Gasteiger partial charge on any atom is 0.346 e. The van der Waals surface area contributed by atoms with Crippen molar-refractivity contribution in [1.29, 1.82) is 0 Å². The van der Waals surface area contributed by atoms with Crippen molar-refractivity contribution >= 4 is 5.97 Å². The molecule has 62 valence electrons. The van der Waals surface area contributed by atoms with Crippen LogP contribution in [0, 0.1) is 0 Å². The SMILES string of the molecule is C=CC(O)(O)OC(=O)C(=C)C. The van der Waals surface area contributed by atoms with Gasteiger partial charge >= 0.3 is 11.9 Å². The second-order valence-corrected chi connectivity index (χ2v) is 2.03. The van der Waals surface area contributed by atoms with Gasteiger partial charge in [-0.2, -0.15) is 0 Å². The zero-order valence-corrected chi connectivity index (χ0v) is 6.20. The van der Waals surface area contributed by atoms with Crippen molar-refractivity contribution in [3.05, 3.63) is 24.8 Å². The maximum atomic E-state index is 10.6. The molecule has 0 aromatic rings. The van der Waals surface area contributed by atoms with Gasteiger partial charge < -0.3 is 14.9 Å². The van der Waals surface area contributed by atoms with Crippen LogP contribution in [-0.4, -0.2) is 22.2 Å². The van der Waals surface area contributed by atoms with E-state index in [0.29, 0.717) is 6.08 Å². The molecular weight excluding hydrogens is 148 g/mol. The Kier molecular flexibility index (Phi) is 2.98. The van der Waals surface area contributed by atoms with Crippen LogP contribution in [0.4, 0.5) is 0 Å². The summed E-state index contributed by atoms with van der Waals surface area (Å²) in [6.45, 7) is 7.67. The van der Waals surface area contributed by atoms with Gasteiger partial charge in [-0.25, -0.2) is 4.79 Å². The fourth-order valence-corrected chi connectivity index (χ4v) is 0.265. The molecule has 0 saturated heterocycles. The predicted molar refractivity (Wildman–Crippen MR) is 38.3 cm³/mol. The number of carbonyl (C=O) groups excluding carboxylic acids is 1. The predicted octanol–water partition coefficient (Wildman–Crippen LogP) is -0.0699. The summed E-state index contributed by atoms with van der Waals surface area (Å²) < 4.78 is 4.10. The molecule has 0 aliphatic heterocycles. The second-order valence-electron chi connectivity index (χ2n) is 2.03. The molecule has 0 rings (SSSR count). The van der Waals surface area contributed by atoms with Gasteiger partial charge in [0.05, 0.1) is 0 Å². The zero-order chi connectivity index (χ0) is 9.07. The molecule has 4 heteroatoms. The fraction of sp³-hybridized carbons (Fsp3) is 0.286. The van der Waals surface area contributed by atoms with Gasteiger partial charge in [-0.3, -0.25) is 0 Å². The lowest BCUT2D eigenvalue weighted by Crippen LogP contribution is -2.32. The summed E-state index contributed by atoms with van der Waals surface area (Å²) in [6, 6.07) is 0. The molecule has 0 bridgehead atoms. The van der Waals surface area contributed by atoms with Gasteiger partial charge in [-0.1, -0.05) is 13.2 Å². The van der Waals surface area contributed by atoms with E-state index in [-0.39, 0.29) is 5.57 Å². The van der Waals surface area contributed by atoms with Crippen LogP contribution in [0.5, 0.6) is 0 Å². The summed E-state index contributed by atoms with van der Waals surface area (Å²) in [4.78, 5) is 10.6. The average molecular weight is 158 g/mol. The quantitative estimate of drug-likeness (QED) is 0.261. The Morgan fingerprint density at radius 3 is 2.36 bits per heavy atom. The van der Waals surface area contributed by atoms with Crippen molar-refractivity contribution in [3.63, 3.8) is 0 Å². The Balaban J connectivity index is 4.15. The summed E-state index contributed by atoms with van der Waals surface area (Å²) in [5.41, 5.74) is 0.0827. The van der Waals surface area contributed by atoms with Crippen LogP contribution in [0.2, 0.25) is 0 Å². The Labute approximate surface area is 64.4 Å². The fourth-order valence-electron chi connectivity index (χ4n) is 0.265. The number of aliphatic hydroxyl groups is 2. The summed E-state index contributed by atoms with van der Waals surface area (Å²) in [5.74, 6) is -3.48. The van der Waals surface area contributed by atoms with Gasteiger partial charge in [0.1, 0.15) is 0 Å². The van der Waals surface area contributed by atoms with Crippen molar-refractivity contribution < 1.29 is 19.7 Å². The third kappa shape index (κ3) is 3.54. The summed E-state index contributed by atoms with van der Waals surface area (Å²) in [6.07, 6.45) is 0.688. The first kappa shape index (κ1) is 9.87. The normalized spacial score (nSPS) is 10.5. The minimum absolute atomic E-state index is 0.0827. The average Bonchev–Trinajstić information content (AvgIpc) is 1.87. The molecule has 0 radical (unpaired) electrons. The van der Waals surface area contributed by atoms with E-state index in [1.807, 2.05) is 0 Å². The highest BCUT2D eigenvalue weighted by Gasteiger charge is 2.23. The number of hydrogen-bond acceptors (Lipinski definition) is 4. The molecule has 0 fully saturated rings. The Hall–Kier alpha value is -1.13. The van der Waals surface area contributed by atoms with E-state index in [2.05, 4.69) is 17.9 Å². The molecule has 2 N–H and O–H groups in total. The van der Waals surface area contributed by atoms with E-state index in [0.717, 1.165) is 0 Å². The molecule has 4 nitrogen and oxygen atoms in total. The third-order valence-corrected chi connectivity index (χ3v) is 0.857. The lowest BCUT2D eigenvalue weighted by Gasteiger charge is -2.16. The minimum atomic E-state index is -2.60. The Morgan fingerprint density at radius 2 is 2.09 bits per heavy atom. The molecule has 0 spiro atoms. The van der Waals surface area contributed by atoms with Gasteiger partial charge in [-0.15, -0.1) is 0 Å². The first-order valence-electron chi connectivity index (χ1n) is 2.86. The van der Waals surface area contributed by atoms with Gasteiger partial charge in [0.25, 0.3) is 0 Å². The Morgan fingerprint density at radius 1 is 1.64 bits per heavy atom. The van der Waals surface area contributed by atoms with Gasteiger partial charge in [-0.05, 0) is 6.92 Å². The van der Waals surface area contributed by atoms with Crippen molar-refractivity contribution in [2.75, 3.05) is 0 Å². The van der Waals surface area contributed by atoms with E-state index >= 15 is 0 Å². The molecule has 0 heterocycles. The number of ether oxygens (including phenoxy) is 1. The van der Waals surface area contributed by atoms with E-state index in [4.69, 9.17) is 10.2 Å². The van der Waals surface area contributed by atoms with Crippen LogP contribution in [0.15, 0.2) is 24.8 Å². The minimum Gasteiger partial charge on any atom is -0.401 e. The first-order chi connectivity index (χ1) is 4.89. The molecule has 0 amide bonds. The topological polar surface area (TPSA) is 66.8 Å². The number of hydrogen-bond donors (Lipinski definition) is 2. The molecule has 0 saturated carbocycles. The first-order valence-corrected chi connectivity index (χ1v) is 2.86. The highest BCUT2D eigenvalue weighted by molar-refractivity contribution is 5.87. The third-order valence-electron chi connectivity index (χ3n) is 0.857. The van der Waals surface area contributed by atoms with Crippen molar-refractivity contribution in [2.45, 2.75) is 12.9 Å². The van der Waals surface area contributed by atoms with E-state index < -0.39 is 11.9 Å². The van der Waals surface area contributed by atoms with E-state index in [1.54, 1.807) is 0 Å². The Bertz CT molecular complexity index is 193. The summed E-state index contributed by atoms with van der Waals surface area (Å²) >= 11 is 0. The molecule has 0 aliphatic carbocycles. The van der Waals surface area contributed by atoms with Crippen LogP contribution in [0.1, 0.15) is 6.92 Å². The lowest BCUT2D eigenvalue weighted by molar-refractivity contribution is -0.284. The van der Waals surface area contributed by atoms with Crippen LogP contribution in [0.3, 0.4) is 0 Å². The van der Waals surface area contributed by atoms with Crippen LogP contribution >= 0.6 is 0 Å². The summed E-state index contributed by atoms with van der Waals surface area (Å²) in [7, 11) is 0. The van der Waals surface area contributed by atoms with Crippen LogP contribution < -0.4 is 0 Å². The van der Waals surface area contributed by atoms with E-state index in [1.165, 1.54) is 6.92 Å². The molecule has 0 aliphatic rings. The molecule has 0 unspecified atom stereocenters. The largest absolute Gasteiger partial charge is 0.401 e. The monoisotopic (exact) mass is 158 g/mol. The maximum absolute atomic E-state index is 10.6. The molecule has 0 aromatic carbocycles. The zero-order valence-electron chi connectivity index (χ0n) is 6.20. The second kappa shape index (κ2) is 3.32. The summed E-state index contributed by atoms with van der Waals surface area (Å²) in [5, 5.41) is 17.4. The molecule has 0 atom stereocenters. The van der Waals surface area contributed by atoms with Gasteiger partial charge in [0.2, 0.25) is 0 Å². The van der Waals surface area contributed by atoms with Crippen LogP contribution in [-0.2, 0) is 9.53 Å². The van der Waals surface area contributed by atoms with Crippen molar-refractivity contribution in [3.8, 4) is 0 Å². The lowest BCUT2D eigenvalue weighted by atomic mass is 10.4. The molecular formula is C7H10O4. The highest BCUT2D eigenvalue weighted by atomic mass is 16.8.